The standard InChI is InChI=1S/C25H36O4/c1-3-4-5-12-22(26)16-14-20-15-17-24(27)23(20)18-21-10-7-6-9-19(21)11-8-13-25(28)29-2/h6-7,9-10,14,16,20,22-23,26H,3-5,8,11-13,15,17-18H2,1-2H3/t20-,22+,23?/m1/s1. The first-order valence-corrected chi connectivity index (χ1v) is 11.1. The number of ketones is 1. The van der Waals surface area contributed by atoms with Crippen LogP contribution in [0, 0.1) is 11.8 Å². The summed E-state index contributed by atoms with van der Waals surface area (Å²) < 4.78 is 4.72. The van der Waals surface area contributed by atoms with E-state index in [1.54, 1.807) is 0 Å². The van der Waals surface area contributed by atoms with Gasteiger partial charge in [-0.25, -0.2) is 0 Å². The van der Waals surface area contributed by atoms with Gasteiger partial charge in [0.05, 0.1) is 13.2 Å². The molecule has 1 saturated carbocycles. The molecule has 1 aliphatic carbocycles. The molecule has 0 spiro atoms. The average Bonchev–Trinajstić information content (AvgIpc) is 3.07. The maximum atomic E-state index is 12.5. The number of ether oxygens (including phenoxy) is 1. The maximum Gasteiger partial charge on any atom is 0.305 e. The van der Waals surface area contributed by atoms with Crippen molar-refractivity contribution in [1.29, 1.82) is 0 Å². The number of rotatable bonds is 12. The predicted octanol–water partition coefficient (Wildman–Crippen LogP) is 4.82. The number of carbonyl (C=O) groups excluding carboxylic acids is 2. The monoisotopic (exact) mass is 400 g/mol. The molecule has 1 aromatic rings. The summed E-state index contributed by atoms with van der Waals surface area (Å²) in [5.41, 5.74) is 2.40. The van der Waals surface area contributed by atoms with Gasteiger partial charge in [-0.3, -0.25) is 9.59 Å². The Balaban J connectivity index is 1.98. The van der Waals surface area contributed by atoms with Gasteiger partial charge in [-0.15, -0.1) is 0 Å². The highest BCUT2D eigenvalue weighted by Gasteiger charge is 2.33. The van der Waals surface area contributed by atoms with Crippen molar-refractivity contribution in [3.8, 4) is 0 Å². The fourth-order valence-corrected chi connectivity index (χ4v) is 4.16. The number of carbonyl (C=O) groups is 2. The molecule has 0 amide bonds. The molecule has 0 heterocycles. The van der Waals surface area contributed by atoms with Crippen molar-refractivity contribution in [2.75, 3.05) is 7.11 Å². The molecule has 1 aliphatic rings. The number of aryl methyl sites for hydroxylation is 1. The largest absolute Gasteiger partial charge is 0.469 e. The molecule has 160 valence electrons. The van der Waals surface area contributed by atoms with Gasteiger partial charge in [0.15, 0.2) is 0 Å². The van der Waals surface area contributed by atoms with Gasteiger partial charge < -0.3 is 9.84 Å². The van der Waals surface area contributed by atoms with Crippen LogP contribution < -0.4 is 0 Å². The fraction of sp³-hybridized carbons (Fsp3) is 0.600. The third kappa shape index (κ3) is 7.77. The van der Waals surface area contributed by atoms with Crippen LogP contribution in [0.15, 0.2) is 36.4 Å². The van der Waals surface area contributed by atoms with Crippen LogP contribution in [0.2, 0.25) is 0 Å². The lowest BCUT2D eigenvalue weighted by Crippen LogP contribution is -2.18. The van der Waals surface area contributed by atoms with Gasteiger partial charge in [-0.2, -0.15) is 0 Å². The van der Waals surface area contributed by atoms with Crippen molar-refractivity contribution in [1.82, 2.24) is 0 Å². The Kier molecular flexibility index (Phi) is 10.1. The number of Topliss-reactive ketones (excluding diaryl/α,β-unsaturated/α-hetero) is 1. The molecule has 0 aromatic heterocycles. The van der Waals surface area contributed by atoms with Crippen molar-refractivity contribution < 1.29 is 19.4 Å². The number of unbranched alkanes of at least 4 members (excludes halogenated alkanes) is 2. The molecule has 0 bridgehead atoms. The highest BCUT2D eigenvalue weighted by molar-refractivity contribution is 5.84. The summed E-state index contributed by atoms with van der Waals surface area (Å²) in [6, 6.07) is 8.21. The van der Waals surface area contributed by atoms with Gasteiger partial charge in [-0.1, -0.05) is 62.6 Å². The van der Waals surface area contributed by atoms with Gasteiger partial charge in [-0.05, 0) is 49.1 Å². The van der Waals surface area contributed by atoms with Crippen LogP contribution in [0.3, 0.4) is 0 Å². The minimum absolute atomic E-state index is 0.0177. The van der Waals surface area contributed by atoms with E-state index in [4.69, 9.17) is 4.74 Å². The molecule has 0 saturated heterocycles. The molecule has 3 atom stereocenters. The van der Waals surface area contributed by atoms with Crippen LogP contribution in [0.25, 0.3) is 0 Å². The Morgan fingerprint density at radius 1 is 1.24 bits per heavy atom. The van der Waals surface area contributed by atoms with E-state index in [0.717, 1.165) is 51.4 Å². The molecular weight excluding hydrogens is 364 g/mol. The molecule has 4 nitrogen and oxygen atoms in total. The van der Waals surface area contributed by atoms with Gasteiger partial charge in [0, 0.05) is 18.8 Å². The van der Waals surface area contributed by atoms with E-state index in [1.165, 1.54) is 18.2 Å². The number of aliphatic hydroxyl groups is 1. The normalized spacial score (nSPS) is 20.3. The minimum Gasteiger partial charge on any atom is -0.469 e. The molecule has 1 N–H and O–H groups in total. The van der Waals surface area contributed by atoms with Gasteiger partial charge in [0.25, 0.3) is 0 Å². The van der Waals surface area contributed by atoms with E-state index in [1.807, 2.05) is 18.2 Å². The molecule has 1 unspecified atom stereocenters. The molecule has 0 aliphatic heterocycles. The zero-order valence-electron chi connectivity index (χ0n) is 17.9. The summed E-state index contributed by atoms with van der Waals surface area (Å²) in [4.78, 5) is 23.9. The summed E-state index contributed by atoms with van der Waals surface area (Å²) in [5.74, 6) is 0.322. The third-order valence-corrected chi connectivity index (χ3v) is 5.95. The molecule has 4 heteroatoms. The molecule has 2 rings (SSSR count). The second kappa shape index (κ2) is 12.6. The molecule has 1 fully saturated rings. The lowest BCUT2D eigenvalue weighted by atomic mass is 9.86. The van der Waals surface area contributed by atoms with Crippen LogP contribution in [0.4, 0.5) is 0 Å². The molecule has 1 aromatic carbocycles. The van der Waals surface area contributed by atoms with Crippen molar-refractivity contribution >= 4 is 11.8 Å². The van der Waals surface area contributed by atoms with E-state index >= 15 is 0 Å². The SMILES string of the molecule is CCCCC[C@H](O)C=C[C@@H]1CCC(=O)C1Cc1ccccc1CCCC(=O)OC. The van der Waals surface area contributed by atoms with Gasteiger partial charge >= 0.3 is 5.97 Å². The first-order valence-electron chi connectivity index (χ1n) is 11.1. The summed E-state index contributed by atoms with van der Waals surface area (Å²) in [6.07, 6.45) is 11.9. The number of hydrogen-bond donors (Lipinski definition) is 1. The van der Waals surface area contributed by atoms with Crippen molar-refractivity contribution in [3.63, 3.8) is 0 Å². The van der Waals surface area contributed by atoms with Crippen LogP contribution in [0.5, 0.6) is 0 Å². The number of benzene rings is 1. The van der Waals surface area contributed by atoms with Crippen LogP contribution in [-0.2, 0) is 27.2 Å². The summed E-state index contributed by atoms with van der Waals surface area (Å²) in [7, 11) is 1.41. The zero-order valence-corrected chi connectivity index (χ0v) is 17.9. The highest BCUT2D eigenvalue weighted by Crippen LogP contribution is 2.33. The Morgan fingerprint density at radius 3 is 2.72 bits per heavy atom. The van der Waals surface area contributed by atoms with E-state index in [0.29, 0.717) is 18.6 Å². The predicted molar refractivity (Wildman–Crippen MR) is 116 cm³/mol. The van der Waals surface area contributed by atoms with Crippen molar-refractivity contribution in [2.24, 2.45) is 11.8 Å². The van der Waals surface area contributed by atoms with E-state index in [9.17, 15) is 14.7 Å². The highest BCUT2D eigenvalue weighted by atomic mass is 16.5. The van der Waals surface area contributed by atoms with Crippen LogP contribution in [-0.4, -0.2) is 30.1 Å². The topological polar surface area (TPSA) is 63.6 Å². The fourth-order valence-electron chi connectivity index (χ4n) is 4.16. The first-order chi connectivity index (χ1) is 14.0. The maximum absolute atomic E-state index is 12.5. The smallest absolute Gasteiger partial charge is 0.305 e. The number of esters is 1. The summed E-state index contributed by atoms with van der Waals surface area (Å²) in [6.45, 7) is 2.16. The quantitative estimate of drug-likeness (QED) is 0.310. The minimum atomic E-state index is -0.413. The van der Waals surface area contributed by atoms with Crippen molar-refractivity contribution in [2.45, 2.75) is 77.2 Å². The Hall–Kier alpha value is -1.94. The molecule has 29 heavy (non-hydrogen) atoms. The van der Waals surface area contributed by atoms with Gasteiger partial charge in [0.2, 0.25) is 0 Å². The van der Waals surface area contributed by atoms with Crippen molar-refractivity contribution in [3.05, 3.63) is 47.5 Å². The second-order valence-electron chi connectivity index (χ2n) is 8.13. The Morgan fingerprint density at radius 2 is 2.00 bits per heavy atom. The third-order valence-electron chi connectivity index (χ3n) is 5.95. The van der Waals surface area contributed by atoms with E-state index < -0.39 is 6.10 Å². The number of allylic oxidation sites excluding steroid dienone is 1. The number of hydrogen-bond acceptors (Lipinski definition) is 4. The summed E-state index contributed by atoms with van der Waals surface area (Å²) in [5, 5.41) is 10.2. The summed E-state index contributed by atoms with van der Waals surface area (Å²) >= 11 is 0. The first kappa shape index (κ1) is 23.3. The lowest BCUT2D eigenvalue weighted by molar-refractivity contribution is -0.140. The van der Waals surface area contributed by atoms with E-state index in [-0.39, 0.29) is 17.8 Å². The molecule has 0 radical (unpaired) electrons. The Labute approximate surface area is 175 Å². The number of aliphatic hydroxyl groups excluding tert-OH is 1. The lowest BCUT2D eigenvalue weighted by Gasteiger charge is -2.18. The van der Waals surface area contributed by atoms with Gasteiger partial charge in [0.1, 0.15) is 5.78 Å². The zero-order chi connectivity index (χ0) is 21.1. The second-order valence-corrected chi connectivity index (χ2v) is 8.13. The number of methoxy groups -OCH3 is 1. The van der Waals surface area contributed by atoms with Crippen LogP contribution >= 0.6 is 0 Å². The van der Waals surface area contributed by atoms with E-state index in [2.05, 4.69) is 25.1 Å². The molecular formula is C25H36O4. The average molecular weight is 401 g/mol. The Bertz CT molecular complexity index is 679. The van der Waals surface area contributed by atoms with Crippen LogP contribution in [0.1, 0.15) is 69.4 Å².